The molecule has 0 aliphatic rings. The fourth-order valence-corrected chi connectivity index (χ4v) is 1.96. The van der Waals surface area contributed by atoms with E-state index in [0.29, 0.717) is 10.6 Å². The summed E-state index contributed by atoms with van der Waals surface area (Å²) >= 11 is 5.91. The first-order chi connectivity index (χ1) is 9.60. The molecule has 117 valence electrons. The SMILES string of the molecule is [CH2]C(C)N(C[C@H](O)c1cccc(Cl)c1)C(=O)OC(C)(C)C. The van der Waals surface area contributed by atoms with Gasteiger partial charge in [-0.25, -0.2) is 4.79 Å². The number of benzene rings is 1. The summed E-state index contributed by atoms with van der Waals surface area (Å²) in [6.07, 6.45) is -1.34. The molecule has 4 nitrogen and oxygen atoms in total. The number of aliphatic hydroxyl groups excluding tert-OH is 1. The van der Waals surface area contributed by atoms with Crippen LogP contribution in [0.3, 0.4) is 0 Å². The molecule has 0 spiro atoms. The van der Waals surface area contributed by atoms with Gasteiger partial charge in [-0.05, 0) is 52.3 Å². The van der Waals surface area contributed by atoms with Crippen LogP contribution in [0, 0.1) is 6.92 Å². The van der Waals surface area contributed by atoms with Gasteiger partial charge in [0.25, 0.3) is 0 Å². The average Bonchev–Trinajstić information content (AvgIpc) is 2.32. The molecule has 0 aliphatic heterocycles. The molecule has 1 unspecified atom stereocenters. The maximum atomic E-state index is 12.2. The lowest BCUT2D eigenvalue weighted by Gasteiger charge is -2.31. The van der Waals surface area contributed by atoms with Crippen molar-refractivity contribution in [3.8, 4) is 0 Å². The number of hydrogen-bond acceptors (Lipinski definition) is 3. The van der Waals surface area contributed by atoms with Crippen molar-refractivity contribution < 1.29 is 14.6 Å². The summed E-state index contributed by atoms with van der Waals surface area (Å²) in [4.78, 5) is 13.6. The number of carbonyl (C=O) groups excluding carboxylic acids is 1. The molecule has 0 heterocycles. The lowest BCUT2D eigenvalue weighted by molar-refractivity contribution is 0.00953. The standard InChI is InChI=1S/C16H23ClNO3/c1-11(2)18(15(20)21-16(3,4)5)10-14(19)12-7-6-8-13(17)9-12/h6-9,11,14,19H,1,10H2,2-5H3/t11?,14-/m0/s1. The maximum absolute atomic E-state index is 12.2. The van der Waals surface area contributed by atoms with Crippen LogP contribution in [0.5, 0.6) is 0 Å². The Kier molecular flexibility index (Phi) is 6.05. The summed E-state index contributed by atoms with van der Waals surface area (Å²) in [5, 5.41) is 10.8. The third kappa shape index (κ3) is 5.94. The molecule has 1 rings (SSSR count). The van der Waals surface area contributed by atoms with E-state index in [-0.39, 0.29) is 12.6 Å². The van der Waals surface area contributed by atoms with Gasteiger partial charge in [-0.2, -0.15) is 0 Å². The van der Waals surface area contributed by atoms with Crippen LogP contribution in [0.1, 0.15) is 39.4 Å². The Labute approximate surface area is 131 Å². The zero-order chi connectivity index (χ0) is 16.2. The van der Waals surface area contributed by atoms with Gasteiger partial charge in [0.15, 0.2) is 0 Å². The van der Waals surface area contributed by atoms with Gasteiger partial charge in [0.2, 0.25) is 0 Å². The minimum atomic E-state index is -0.847. The second-order valence-electron chi connectivity index (χ2n) is 6.05. The molecule has 0 bridgehead atoms. The summed E-state index contributed by atoms with van der Waals surface area (Å²) < 4.78 is 5.33. The van der Waals surface area contributed by atoms with Crippen molar-refractivity contribution in [2.75, 3.05) is 6.54 Å². The smallest absolute Gasteiger partial charge is 0.410 e. The van der Waals surface area contributed by atoms with Crippen LogP contribution < -0.4 is 0 Å². The van der Waals surface area contributed by atoms with Crippen molar-refractivity contribution in [1.82, 2.24) is 4.90 Å². The third-order valence-corrected chi connectivity index (χ3v) is 3.00. The highest BCUT2D eigenvalue weighted by Gasteiger charge is 2.26. The molecular weight excluding hydrogens is 290 g/mol. The molecule has 2 atom stereocenters. The number of amides is 1. The maximum Gasteiger partial charge on any atom is 0.410 e. The molecule has 0 saturated carbocycles. The van der Waals surface area contributed by atoms with Crippen LogP contribution in [0.2, 0.25) is 5.02 Å². The van der Waals surface area contributed by atoms with Gasteiger partial charge in [-0.15, -0.1) is 0 Å². The van der Waals surface area contributed by atoms with Crippen molar-refractivity contribution in [3.63, 3.8) is 0 Å². The average molecular weight is 313 g/mol. The van der Waals surface area contributed by atoms with Crippen molar-refractivity contribution in [3.05, 3.63) is 41.8 Å². The van der Waals surface area contributed by atoms with Gasteiger partial charge in [0, 0.05) is 11.1 Å². The normalized spacial score (nSPS) is 13.1. The number of hydrogen-bond donors (Lipinski definition) is 1. The zero-order valence-corrected chi connectivity index (χ0v) is 13.7. The topological polar surface area (TPSA) is 49.8 Å². The van der Waals surface area contributed by atoms with Gasteiger partial charge in [-0.3, -0.25) is 0 Å². The van der Waals surface area contributed by atoms with Crippen LogP contribution >= 0.6 is 11.6 Å². The largest absolute Gasteiger partial charge is 0.444 e. The van der Waals surface area contributed by atoms with E-state index in [0.717, 1.165) is 0 Å². The quantitative estimate of drug-likeness (QED) is 0.919. The Morgan fingerprint density at radius 1 is 1.48 bits per heavy atom. The summed E-state index contributed by atoms with van der Waals surface area (Å²) in [6.45, 7) is 11.1. The summed E-state index contributed by atoms with van der Waals surface area (Å²) in [7, 11) is 0. The number of carbonyl (C=O) groups is 1. The lowest BCUT2D eigenvalue weighted by atomic mass is 10.1. The number of aliphatic hydroxyl groups is 1. The first-order valence-corrected chi connectivity index (χ1v) is 7.24. The predicted octanol–water partition coefficient (Wildman–Crippen LogP) is 3.83. The van der Waals surface area contributed by atoms with E-state index in [1.165, 1.54) is 4.90 Å². The fourth-order valence-electron chi connectivity index (χ4n) is 1.76. The van der Waals surface area contributed by atoms with Gasteiger partial charge in [0.1, 0.15) is 5.60 Å². The molecule has 5 heteroatoms. The molecule has 1 aromatic rings. The van der Waals surface area contributed by atoms with E-state index in [2.05, 4.69) is 6.92 Å². The second kappa shape index (κ2) is 7.14. The van der Waals surface area contributed by atoms with E-state index in [1.54, 1.807) is 52.0 Å². The van der Waals surface area contributed by atoms with Crippen molar-refractivity contribution in [2.24, 2.45) is 0 Å². The van der Waals surface area contributed by atoms with E-state index < -0.39 is 17.8 Å². The van der Waals surface area contributed by atoms with Crippen molar-refractivity contribution in [2.45, 2.75) is 45.4 Å². The van der Waals surface area contributed by atoms with Crippen molar-refractivity contribution in [1.29, 1.82) is 0 Å². The summed E-state index contributed by atoms with van der Waals surface area (Å²) in [6, 6.07) is 6.60. The Morgan fingerprint density at radius 2 is 2.10 bits per heavy atom. The Hall–Kier alpha value is -1.26. The molecule has 1 amide bonds. The fraction of sp³-hybridized carbons (Fsp3) is 0.500. The minimum Gasteiger partial charge on any atom is -0.444 e. The Morgan fingerprint density at radius 3 is 2.57 bits per heavy atom. The third-order valence-electron chi connectivity index (χ3n) is 2.76. The predicted molar refractivity (Wildman–Crippen MR) is 84.2 cm³/mol. The van der Waals surface area contributed by atoms with Crippen LogP contribution in [0.25, 0.3) is 0 Å². The number of halogens is 1. The number of rotatable bonds is 4. The number of nitrogens with zero attached hydrogens (tertiary/aromatic N) is 1. The molecular formula is C16H23ClNO3. The molecule has 1 N–H and O–H groups in total. The number of ether oxygens (including phenoxy) is 1. The highest BCUT2D eigenvalue weighted by Crippen LogP contribution is 2.21. The molecule has 1 aromatic carbocycles. The summed E-state index contributed by atoms with van der Waals surface area (Å²) in [5.74, 6) is 0. The highest BCUT2D eigenvalue weighted by molar-refractivity contribution is 6.30. The molecule has 0 fully saturated rings. The minimum absolute atomic E-state index is 0.0971. The lowest BCUT2D eigenvalue weighted by Crippen LogP contribution is -2.43. The van der Waals surface area contributed by atoms with Gasteiger partial charge >= 0.3 is 6.09 Å². The van der Waals surface area contributed by atoms with Crippen LogP contribution in [-0.4, -0.2) is 34.3 Å². The monoisotopic (exact) mass is 312 g/mol. The molecule has 0 aliphatic carbocycles. The van der Waals surface area contributed by atoms with E-state index in [4.69, 9.17) is 16.3 Å². The van der Waals surface area contributed by atoms with Gasteiger partial charge in [0.05, 0.1) is 12.6 Å². The van der Waals surface area contributed by atoms with E-state index in [9.17, 15) is 9.90 Å². The Balaban J connectivity index is 2.81. The van der Waals surface area contributed by atoms with Gasteiger partial charge in [-0.1, -0.05) is 23.7 Å². The first kappa shape index (κ1) is 17.8. The molecule has 0 aromatic heterocycles. The van der Waals surface area contributed by atoms with Crippen LogP contribution in [-0.2, 0) is 4.74 Å². The molecule has 1 radical (unpaired) electrons. The highest BCUT2D eigenvalue weighted by atomic mass is 35.5. The summed E-state index contributed by atoms with van der Waals surface area (Å²) in [5.41, 5.74) is 0.0577. The van der Waals surface area contributed by atoms with E-state index >= 15 is 0 Å². The second-order valence-corrected chi connectivity index (χ2v) is 6.49. The zero-order valence-electron chi connectivity index (χ0n) is 13.0. The van der Waals surface area contributed by atoms with Crippen LogP contribution in [0.15, 0.2) is 24.3 Å². The molecule has 21 heavy (non-hydrogen) atoms. The molecule has 0 saturated heterocycles. The van der Waals surface area contributed by atoms with Crippen LogP contribution in [0.4, 0.5) is 4.79 Å². The Bertz CT molecular complexity index is 483. The first-order valence-electron chi connectivity index (χ1n) is 6.86. The van der Waals surface area contributed by atoms with Crippen molar-refractivity contribution >= 4 is 17.7 Å². The van der Waals surface area contributed by atoms with E-state index in [1.807, 2.05) is 0 Å². The van der Waals surface area contributed by atoms with Gasteiger partial charge < -0.3 is 14.7 Å².